The summed E-state index contributed by atoms with van der Waals surface area (Å²) in [7, 11) is 0. The first-order chi connectivity index (χ1) is 12.9. The fourth-order valence-corrected chi connectivity index (χ4v) is 4.06. The molecule has 1 aromatic rings. The molecule has 1 amide bonds. The van der Waals surface area contributed by atoms with E-state index in [2.05, 4.69) is 10.2 Å². The van der Waals surface area contributed by atoms with Crippen LogP contribution in [0.3, 0.4) is 0 Å². The Morgan fingerprint density at radius 3 is 2.11 bits per heavy atom. The van der Waals surface area contributed by atoms with Crippen LogP contribution in [0.5, 0.6) is 0 Å². The summed E-state index contributed by atoms with van der Waals surface area (Å²) in [5.74, 6) is -0.774. The summed E-state index contributed by atoms with van der Waals surface area (Å²) >= 11 is 0. The van der Waals surface area contributed by atoms with E-state index >= 15 is 0 Å². The second-order valence-corrected chi connectivity index (χ2v) is 7.62. The fraction of sp³-hybridized carbons (Fsp3) is 0.550. The lowest BCUT2D eigenvalue weighted by atomic mass is 9.85. The Bertz CT molecular complexity index is 688. The number of carboxylic acid groups (broad SMARTS) is 1. The SMILES string of the molecule is N=C(N)c1ccc(N2CCC(C(=O)N[C@H]3CC[C@H](C(=O)O)CC3)CC2)cc1. The van der Waals surface area contributed by atoms with Crippen molar-refractivity contribution in [3.63, 3.8) is 0 Å². The lowest BCUT2D eigenvalue weighted by molar-refractivity contribution is -0.142. The van der Waals surface area contributed by atoms with Crippen molar-refractivity contribution in [1.82, 2.24) is 5.32 Å². The maximum Gasteiger partial charge on any atom is 0.306 e. The number of nitrogens with one attached hydrogen (secondary N) is 2. The molecule has 7 nitrogen and oxygen atoms in total. The lowest BCUT2D eigenvalue weighted by Crippen LogP contribution is -2.45. The van der Waals surface area contributed by atoms with Crippen molar-refractivity contribution in [2.24, 2.45) is 17.6 Å². The molecular weight excluding hydrogens is 344 g/mol. The third-order valence-electron chi connectivity index (χ3n) is 5.83. The molecule has 27 heavy (non-hydrogen) atoms. The van der Waals surface area contributed by atoms with Crippen LogP contribution in [0.15, 0.2) is 24.3 Å². The minimum Gasteiger partial charge on any atom is -0.481 e. The van der Waals surface area contributed by atoms with Crippen LogP contribution >= 0.6 is 0 Å². The quantitative estimate of drug-likeness (QED) is 0.465. The predicted octanol–water partition coefficient (Wildman–Crippen LogP) is 1.95. The second kappa shape index (κ2) is 8.41. The Hall–Kier alpha value is -2.57. The summed E-state index contributed by atoms with van der Waals surface area (Å²) in [4.78, 5) is 25.8. The minimum atomic E-state index is -0.719. The highest BCUT2D eigenvalue weighted by Gasteiger charge is 2.30. The van der Waals surface area contributed by atoms with Crippen LogP contribution < -0.4 is 16.0 Å². The summed E-state index contributed by atoms with van der Waals surface area (Å²) in [6.45, 7) is 1.65. The number of carbonyl (C=O) groups excluding carboxylic acids is 1. The number of nitrogen functional groups attached to an aromatic ring is 1. The van der Waals surface area contributed by atoms with Crippen molar-refractivity contribution in [2.75, 3.05) is 18.0 Å². The van der Waals surface area contributed by atoms with Crippen molar-refractivity contribution in [2.45, 2.75) is 44.6 Å². The number of hydrogen-bond donors (Lipinski definition) is 4. The van der Waals surface area contributed by atoms with E-state index in [4.69, 9.17) is 16.2 Å². The van der Waals surface area contributed by atoms with E-state index in [0.29, 0.717) is 18.4 Å². The fourth-order valence-electron chi connectivity index (χ4n) is 4.06. The van der Waals surface area contributed by atoms with Crippen LogP contribution in [0, 0.1) is 17.2 Å². The van der Waals surface area contributed by atoms with E-state index in [1.165, 1.54) is 0 Å². The van der Waals surface area contributed by atoms with Gasteiger partial charge in [0, 0.05) is 36.3 Å². The van der Waals surface area contributed by atoms with Gasteiger partial charge in [0.1, 0.15) is 5.84 Å². The molecule has 1 heterocycles. The molecule has 0 aromatic heterocycles. The van der Waals surface area contributed by atoms with Gasteiger partial charge in [0.2, 0.25) is 5.91 Å². The van der Waals surface area contributed by atoms with Crippen LogP contribution in [0.4, 0.5) is 5.69 Å². The van der Waals surface area contributed by atoms with Gasteiger partial charge in [0.05, 0.1) is 5.92 Å². The molecule has 2 fully saturated rings. The monoisotopic (exact) mass is 372 g/mol. The zero-order valence-electron chi connectivity index (χ0n) is 15.5. The summed E-state index contributed by atoms with van der Waals surface area (Å²) in [5, 5.41) is 19.6. The van der Waals surface area contributed by atoms with E-state index in [1.807, 2.05) is 24.3 Å². The van der Waals surface area contributed by atoms with Gasteiger partial charge < -0.3 is 21.1 Å². The summed E-state index contributed by atoms with van der Waals surface area (Å²) in [6, 6.07) is 7.76. The van der Waals surface area contributed by atoms with E-state index in [9.17, 15) is 9.59 Å². The molecular formula is C20H28N4O3. The zero-order chi connectivity index (χ0) is 19.4. The van der Waals surface area contributed by atoms with E-state index in [0.717, 1.165) is 44.5 Å². The summed E-state index contributed by atoms with van der Waals surface area (Å²) in [5.41, 5.74) is 7.29. The third kappa shape index (κ3) is 4.78. The number of nitrogens with two attached hydrogens (primary N) is 1. The minimum absolute atomic E-state index is 0.0231. The Balaban J connectivity index is 1.45. The lowest BCUT2D eigenvalue weighted by Gasteiger charge is -2.34. The number of benzene rings is 1. The molecule has 3 rings (SSSR count). The number of rotatable bonds is 5. The van der Waals surface area contributed by atoms with Crippen molar-refractivity contribution in [1.29, 1.82) is 5.41 Å². The number of amidine groups is 1. The Morgan fingerprint density at radius 2 is 1.59 bits per heavy atom. The molecule has 2 aliphatic rings. The number of amides is 1. The van der Waals surface area contributed by atoms with E-state index in [1.54, 1.807) is 0 Å². The molecule has 1 aliphatic carbocycles. The average Bonchev–Trinajstić information content (AvgIpc) is 2.68. The van der Waals surface area contributed by atoms with Gasteiger partial charge >= 0.3 is 5.97 Å². The first-order valence-electron chi connectivity index (χ1n) is 9.66. The zero-order valence-corrected chi connectivity index (χ0v) is 15.5. The molecule has 7 heteroatoms. The van der Waals surface area contributed by atoms with E-state index < -0.39 is 5.97 Å². The molecule has 0 unspecified atom stereocenters. The Morgan fingerprint density at radius 1 is 1.00 bits per heavy atom. The number of nitrogens with zero attached hydrogens (tertiary/aromatic N) is 1. The van der Waals surface area contributed by atoms with Gasteiger partial charge in [-0.15, -0.1) is 0 Å². The second-order valence-electron chi connectivity index (χ2n) is 7.62. The molecule has 5 N–H and O–H groups in total. The predicted molar refractivity (Wildman–Crippen MR) is 104 cm³/mol. The topological polar surface area (TPSA) is 120 Å². The first-order valence-corrected chi connectivity index (χ1v) is 9.66. The van der Waals surface area contributed by atoms with Gasteiger partial charge in [-0.25, -0.2) is 0 Å². The highest BCUT2D eigenvalue weighted by molar-refractivity contribution is 5.95. The van der Waals surface area contributed by atoms with Crippen LogP contribution in [0.25, 0.3) is 0 Å². The number of anilines is 1. The maximum atomic E-state index is 12.6. The van der Waals surface area contributed by atoms with Gasteiger partial charge in [-0.3, -0.25) is 15.0 Å². The first kappa shape index (κ1) is 19.2. The third-order valence-corrected chi connectivity index (χ3v) is 5.83. The Kier molecular flexibility index (Phi) is 5.98. The van der Waals surface area contributed by atoms with Gasteiger partial charge in [0.25, 0.3) is 0 Å². The van der Waals surface area contributed by atoms with Gasteiger partial charge in [-0.05, 0) is 62.8 Å². The molecule has 1 saturated carbocycles. The Labute approximate surface area is 159 Å². The number of hydrogen-bond acceptors (Lipinski definition) is 4. The van der Waals surface area contributed by atoms with Crippen LogP contribution in [0.1, 0.15) is 44.1 Å². The highest BCUT2D eigenvalue weighted by atomic mass is 16.4. The summed E-state index contributed by atoms with van der Waals surface area (Å²) in [6.07, 6.45) is 4.42. The van der Waals surface area contributed by atoms with E-state index in [-0.39, 0.29) is 29.6 Å². The molecule has 0 spiro atoms. The summed E-state index contributed by atoms with van der Waals surface area (Å²) < 4.78 is 0. The van der Waals surface area contributed by atoms with Crippen LogP contribution in [0.2, 0.25) is 0 Å². The number of carboxylic acids is 1. The van der Waals surface area contributed by atoms with Crippen molar-refractivity contribution in [3.05, 3.63) is 29.8 Å². The highest BCUT2D eigenvalue weighted by Crippen LogP contribution is 2.27. The largest absolute Gasteiger partial charge is 0.481 e. The molecule has 1 saturated heterocycles. The number of carbonyl (C=O) groups is 2. The standard InChI is InChI=1S/C20H28N4O3/c21-18(22)13-3-7-17(8-4-13)24-11-9-14(10-12-24)19(25)23-16-5-1-15(2-6-16)20(26)27/h3-4,7-8,14-16H,1-2,5-6,9-12H2,(H3,21,22)(H,23,25)(H,26,27)/t15-,16-. The van der Waals surface area contributed by atoms with Crippen molar-refractivity contribution < 1.29 is 14.7 Å². The van der Waals surface area contributed by atoms with Crippen LogP contribution in [-0.4, -0.2) is 41.9 Å². The van der Waals surface area contributed by atoms with Crippen molar-refractivity contribution >= 4 is 23.4 Å². The average molecular weight is 372 g/mol. The number of piperidine rings is 1. The van der Waals surface area contributed by atoms with Gasteiger partial charge in [0.15, 0.2) is 0 Å². The molecule has 1 aliphatic heterocycles. The van der Waals surface area contributed by atoms with Crippen LogP contribution in [-0.2, 0) is 9.59 Å². The normalized spacial score (nSPS) is 23.6. The molecule has 0 radical (unpaired) electrons. The molecule has 0 bridgehead atoms. The molecule has 1 aromatic carbocycles. The maximum absolute atomic E-state index is 12.6. The molecule has 146 valence electrons. The van der Waals surface area contributed by atoms with Gasteiger partial charge in [-0.1, -0.05) is 0 Å². The number of aliphatic carboxylic acids is 1. The molecule has 0 atom stereocenters. The van der Waals surface area contributed by atoms with Crippen molar-refractivity contribution in [3.8, 4) is 0 Å². The van der Waals surface area contributed by atoms with Gasteiger partial charge in [-0.2, -0.15) is 0 Å². The smallest absolute Gasteiger partial charge is 0.306 e.